The minimum absolute atomic E-state index is 0.0665. The molecule has 11 heteroatoms. The Morgan fingerprint density at radius 2 is 2.00 bits per heavy atom. The van der Waals surface area contributed by atoms with Gasteiger partial charge in [0.2, 0.25) is 0 Å². The van der Waals surface area contributed by atoms with Crippen LogP contribution in [0.3, 0.4) is 0 Å². The van der Waals surface area contributed by atoms with Crippen LogP contribution in [0, 0.1) is 21.7 Å². The average Bonchev–Trinajstić information content (AvgIpc) is 2.64. The van der Waals surface area contributed by atoms with E-state index < -0.39 is 17.3 Å². The minimum atomic E-state index is -0.839. The lowest BCUT2D eigenvalue weighted by Crippen LogP contribution is -2.29. The summed E-state index contributed by atoms with van der Waals surface area (Å²) in [5.41, 5.74) is 1.69. The number of rotatable bonds is 7. The van der Waals surface area contributed by atoms with Gasteiger partial charge in [0.25, 0.3) is 0 Å². The molecule has 0 fully saturated rings. The molecule has 1 aliphatic heterocycles. The monoisotopic (exact) mass is 390 g/mol. The molecule has 2 rings (SSSR count). The van der Waals surface area contributed by atoms with Crippen LogP contribution in [0.2, 0.25) is 0 Å². The number of anilines is 1. The van der Waals surface area contributed by atoms with Crippen LogP contribution in [-0.2, 0) is 14.4 Å². The number of hydrogen-bond donors (Lipinski definition) is 3. The summed E-state index contributed by atoms with van der Waals surface area (Å²) in [7, 11) is 0. The summed E-state index contributed by atoms with van der Waals surface area (Å²) < 4.78 is 5.07. The van der Waals surface area contributed by atoms with Crippen molar-refractivity contribution in [3.05, 3.63) is 62.8 Å². The zero-order chi connectivity index (χ0) is 20.8. The topological polar surface area (TPSA) is 164 Å². The van der Waals surface area contributed by atoms with Gasteiger partial charge in [0.15, 0.2) is 0 Å². The smallest absolute Gasteiger partial charge is 0.336 e. The van der Waals surface area contributed by atoms with E-state index >= 15 is 0 Å². The fourth-order valence-corrected chi connectivity index (χ4v) is 2.90. The Labute approximate surface area is 160 Å². The Bertz CT molecular complexity index is 842. The molecule has 0 amide bonds. The lowest BCUT2D eigenvalue weighted by molar-refractivity contribution is -0.307. The summed E-state index contributed by atoms with van der Waals surface area (Å²) in [6, 6.07) is 7.90. The third-order valence-electron chi connectivity index (χ3n) is 4.04. The molecule has 0 aliphatic carbocycles. The molecular formula is C17H18N4O7-2. The number of nitrogens with zero attached hydrogens (tertiary/aromatic N) is 3. The zero-order valence-corrected chi connectivity index (χ0v) is 15.1. The first-order valence-electron chi connectivity index (χ1n) is 8.07. The Morgan fingerprint density at radius 1 is 1.29 bits per heavy atom. The predicted octanol–water partition coefficient (Wildman–Crippen LogP) is 1.80. The highest BCUT2D eigenvalue weighted by molar-refractivity contribution is 5.93. The summed E-state index contributed by atoms with van der Waals surface area (Å²) in [4.78, 5) is 16.9. The third kappa shape index (κ3) is 4.84. The number of benzene rings is 1. The van der Waals surface area contributed by atoms with Crippen molar-refractivity contribution >= 4 is 11.7 Å². The van der Waals surface area contributed by atoms with E-state index in [0.717, 1.165) is 0 Å². The summed E-state index contributed by atoms with van der Waals surface area (Å²) in [5, 5.41) is 50.5. The molecule has 150 valence electrons. The summed E-state index contributed by atoms with van der Waals surface area (Å²) in [6.07, 6.45) is 0. The lowest BCUT2D eigenvalue weighted by Gasteiger charge is -2.30. The number of nitriles is 1. The van der Waals surface area contributed by atoms with Crippen LogP contribution in [0.5, 0.6) is 0 Å². The van der Waals surface area contributed by atoms with Crippen molar-refractivity contribution in [2.75, 3.05) is 18.4 Å². The molecule has 0 radical (unpaired) electrons. The molecule has 28 heavy (non-hydrogen) atoms. The predicted molar refractivity (Wildman–Crippen MR) is 94.9 cm³/mol. The van der Waals surface area contributed by atoms with Crippen LogP contribution in [0.1, 0.15) is 25.3 Å². The molecule has 1 aliphatic rings. The Balaban J connectivity index is 2.38. The molecule has 0 unspecified atom stereocenters. The van der Waals surface area contributed by atoms with Crippen LogP contribution in [0.15, 0.2) is 46.8 Å². The summed E-state index contributed by atoms with van der Waals surface area (Å²) in [5.74, 6) is -1.61. The van der Waals surface area contributed by atoms with Gasteiger partial charge in [-0.25, -0.2) is 4.79 Å². The number of carbonyl (C=O) groups excluding carboxylic acids is 1. The van der Waals surface area contributed by atoms with Gasteiger partial charge in [-0.1, -0.05) is 12.1 Å². The van der Waals surface area contributed by atoms with Gasteiger partial charge >= 0.3 is 5.97 Å². The van der Waals surface area contributed by atoms with E-state index in [0.29, 0.717) is 17.0 Å². The van der Waals surface area contributed by atoms with Crippen LogP contribution >= 0.6 is 0 Å². The van der Waals surface area contributed by atoms with Gasteiger partial charge in [-0.2, -0.15) is 5.26 Å². The number of nitrogens with one attached hydrogen (secondary N) is 1. The van der Waals surface area contributed by atoms with Crippen molar-refractivity contribution < 1.29 is 24.8 Å². The summed E-state index contributed by atoms with van der Waals surface area (Å²) in [6.45, 7) is 2.60. The first-order valence-corrected chi connectivity index (χ1v) is 8.07. The quantitative estimate of drug-likeness (QED) is 0.353. The van der Waals surface area contributed by atoms with Crippen LogP contribution in [-0.4, -0.2) is 35.0 Å². The van der Waals surface area contributed by atoms with Crippen molar-refractivity contribution in [3.63, 3.8) is 0 Å². The molecule has 1 atom stereocenters. The number of carbonyl (C=O) groups is 1. The molecular weight excluding hydrogens is 372 g/mol. The maximum Gasteiger partial charge on any atom is 0.336 e. The molecule has 11 nitrogen and oxygen atoms in total. The van der Waals surface area contributed by atoms with Crippen molar-refractivity contribution in [1.82, 2.24) is 10.7 Å². The van der Waals surface area contributed by atoms with E-state index in [1.165, 1.54) is 18.2 Å². The lowest BCUT2D eigenvalue weighted by atomic mass is 9.81. The van der Waals surface area contributed by atoms with Gasteiger partial charge in [0, 0.05) is 11.4 Å². The highest BCUT2D eigenvalue weighted by atomic mass is 17.1. The van der Waals surface area contributed by atoms with Gasteiger partial charge in [0.1, 0.15) is 13.2 Å². The molecule has 3 N–H and O–H groups in total. The van der Waals surface area contributed by atoms with Crippen molar-refractivity contribution in [1.29, 1.82) is 5.26 Å². The molecule has 0 saturated carbocycles. The number of ether oxygens (including phenoxy) is 1. The molecule has 0 aromatic heterocycles. The molecule has 1 aromatic rings. The van der Waals surface area contributed by atoms with Gasteiger partial charge in [-0.3, -0.25) is 10.0 Å². The van der Waals surface area contributed by atoms with Gasteiger partial charge in [0.05, 0.1) is 28.8 Å². The van der Waals surface area contributed by atoms with Crippen LogP contribution < -0.4 is 10.5 Å². The standard InChI is InChI=1S/C17H18N4O7/c1-10-14(9-18)16(12-4-3-5-13(8-12)20(23)24)15(11(2)19-10)17(22)27-6-7-28-21(25)26/h3-5,8,16,19,23,25H,6-7H2,1-2H3/q-2/t16-/m1/s1. The highest BCUT2D eigenvalue weighted by Gasteiger charge is 2.34. The number of dihydropyridines is 1. The molecule has 1 aromatic carbocycles. The normalized spacial score (nSPS) is 16.7. The summed E-state index contributed by atoms with van der Waals surface area (Å²) >= 11 is 0. The number of allylic oxidation sites excluding steroid dienone is 3. The fourth-order valence-electron chi connectivity index (χ4n) is 2.90. The Hall–Kier alpha value is -2.98. The second-order valence-electron chi connectivity index (χ2n) is 5.82. The van der Waals surface area contributed by atoms with E-state index in [2.05, 4.69) is 16.2 Å². The SMILES string of the molecule is CC1=C(C#N)[C@@H](c2cccc(N([O-])O)c2)C(C(=O)OCCON([O-])O)=C(C)N1. The maximum atomic E-state index is 12.6. The van der Waals surface area contributed by atoms with Crippen molar-refractivity contribution in [3.8, 4) is 6.07 Å². The van der Waals surface area contributed by atoms with Crippen LogP contribution in [0.25, 0.3) is 0 Å². The van der Waals surface area contributed by atoms with Gasteiger partial charge < -0.3 is 30.9 Å². The molecule has 0 bridgehead atoms. The van der Waals surface area contributed by atoms with Gasteiger partial charge in [-0.05, 0) is 31.5 Å². The Kier molecular flexibility index (Phi) is 7.07. The Morgan fingerprint density at radius 3 is 2.61 bits per heavy atom. The second-order valence-corrected chi connectivity index (χ2v) is 5.82. The first-order chi connectivity index (χ1) is 13.3. The van der Waals surface area contributed by atoms with Crippen molar-refractivity contribution in [2.24, 2.45) is 0 Å². The van der Waals surface area contributed by atoms with Gasteiger partial charge in [-0.15, -0.1) is 5.39 Å². The number of hydrogen-bond acceptors (Lipinski definition) is 11. The van der Waals surface area contributed by atoms with E-state index in [-0.39, 0.29) is 35.3 Å². The van der Waals surface area contributed by atoms with E-state index in [9.17, 15) is 20.5 Å². The number of esters is 1. The first kappa shape index (κ1) is 21.3. The minimum Gasteiger partial charge on any atom is -0.738 e. The molecule has 0 saturated heterocycles. The second kappa shape index (κ2) is 9.29. The van der Waals surface area contributed by atoms with Crippen LogP contribution in [0.4, 0.5) is 5.69 Å². The third-order valence-corrected chi connectivity index (χ3v) is 4.04. The highest BCUT2D eigenvalue weighted by Crippen LogP contribution is 2.39. The maximum absolute atomic E-state index is 12.6. The molecule has 1 heterocycles. The van der Waals surface area contributed by atoms with E-state index in [1.54, 1.807) is 19.9 Å². The van der Waals surface area contributed by atoms with Crippen molar-refractivity contribution in [2.45, 2.75) is 19.8 Å². The zero-order valence-electron chi connectivity index (χ0n) is 15.1. The van der Waals surface area contributed by atoms with E-state index in [1.807, 2.05) is 0 Å². The largest absolute Gasteiger partial charge is 0.738 e. The van der Waals surface area contributed by atoms with E-state index in [4.69, 9.17) is 15.2 Å². The average molecular weight is 390 g/mol. The fraction of sp³-hybridized carbons (Fsp3) is 0.294. The molecule has 0 spiro atoms.